The number of thiophene rings is 1. The first-order valence-electron chi connectivity index (χ1n) is 8.36. The highest BCUT2D eigenvalue weighted by Crippen LogP contribution is 2.38. The summed E-state index contributed by atoms with van der Waals surface area (Å²) in [6.45, 7) is 6.26. The van der Waals surface area contributed by atoms with Crippen molar-refractivity contribution < 1.29 is 0 Å². The first-order chi connectivity index (χ1) is 12.5. The fraction of sp³-hybridized carbons (Fsp3) is 0.143. The second-order valence-electron chi connectivity index (χ2n) is 6.44. The zero-order chi connectivity index (χ0) is 18.3. The summed E-state index contributed by atoms with van der Waals surface area (Å²) >= 11 is 7.90. The van der Waals surface area contributed by atoms with Gasteiger partial charge < -0.3 is 5.32 Å². The lowest BCUT2D eigenvalue weighted by Gasteiger charge is -2.10. The van der Waals surface area contributed by atoms with Gasteiger partial charge in [0, 0.05) is 21.7 Å². The third-order valence-corrected chi connectivity index (χ3v) is 5.92. The maximum atomic E-state index is 6.27. The highest BCUT2D eigenvalue weighted by atomic mass is 35.5. The van der Waals surface area contributed by atoms with Crippen LogP contribution in [0.3, 0.4) is 0 Å². The molecule has 27 heavy (non-hydrogen) atoms. The number of aryl methyl sites for hydroxylation is 3. The van der Waals surface area contributed by atoms with Crippen molar-refractivity contribution >= 4 is 57.1 Å². The molecule has 0 aliphatic carbocycles. The SMILES string of the molecule is Cc1ccc(-c2csc3ncnc(Nc4ccc(C)c(Cl)c4)c23)cc1C.Cl. The summed E-state index contributed by atoms with van der Waals surface area (Å²) in [5.41, 5.74) is 6.86. The Balaban J connectivity index is 0.00000210. The third-order valence-electron chi connectivity index (χ3n) is 4.62. The minimum absolute atomic E-state index is 0. The molecule has 3 nitrogen and oxygen atoms in total. The molecule has 0 atom stereocenters. The van der Waals surface area contributed by atoms with Gasteiger partial charge in [0.15, 0.2) is 0 Å². The molecule has 0 unspecified atom stereocenters. The molecule has 0 saturated carbocycles. The van der Waals surface area contributed by atoms with E-state index in [2.05, 4.69) is 52.7 Å². The minimum atomic E-state index is 0. The maximum Gasteiger partial charge on any atom is 0.143 e. The molecule has 0 spiro atoms. The second-order valence-corrected chi connectivity index (χ2v) is 7.71. The highest BCUT2D eigenvalue weighted by molar-refractivity contribution is 7.17. The molecule has 2 heterocycles. The summed E-state index contributed by atoms with van der Waals surface area (Å²) in [5.74, 6) is 0.796. The van der Waals surface area contributed by atoms with Crippen LogP contribution in [0.15, 0.2) is 48.1 Å². The summed E-state index contributed by atoms with van der Waals surface area (Å²) in [7, 11) is 0. The van der Waals surface area contributed by atoms with Gasteiger partial charge in [0.1, 0.15) is 17.0 Å². The van der Waals surface area contributed by atoms with Crippen LogP contribution >= 0.6 is 35.3 Å². The van der Waals surface area contributed by atoms with Crippen LogP contribution in [0.2, 0.25) is 5.02 Å². The Bertz CT molecular complexity index is 1120. The van der Waals surface area contributed by atoms with Gasteiger partial charge in [-0.15, -0.1) is 23.7 Å². The Kier molecular flexibility index (Phi) is 5.70. The van der Waals surface area contributed by atoms with Crippen molar-refractivity contribution in [2.75, 3.05) is 5.32 Å². The maximum absolute atomic E-state index is 6.27. The van der Waals surface area contributed by atoms with Crippen molar-refractivity contribution in [2.24, 2.45) is 0 Å². The fourth-order valence-electron chi connectivity index (χ4n) is 2.90. The van der Waals surface area contributed by atoms with Crippen LogP contribution in [0.25, 0.3) is 21.3 Å². The Hall–Kier alpha value is -2.14. The molecule has 4 aromatic rings. The van der Waals surface area contributed by atoms with Crippen molar-refractivity contribution in [3.8, 4) is 11.1 Å². The quantitative estimate of drug-likeness (QED) is 0.387. The van der Waals surface area contributed by atoms with Crippen molar-refractivity contribution in [1.29, 1.82) is 0 Å². The zero-order valence-corrected chi connectivity index (χ0v) is 17.6. The smallest absolute Gasteiger partial charge is 0.143 e. The van der Waals surface area contributed by atoms with Crippen molar-refractivity contribution in [1.82, 2.24) is 9.97 Å². The van der Waals surface area contributed by atoms with Gasteiger partial charge in [0.25, 0.3) is 0 Å². The summed E-state index contributed by atoms with van der Waals surface area (Å²) in [6, 6.07) is 12.5. The molecule has 138 valence electrons. The van der Waals surface area contributed by atoms with Crippen LogP contribution in [-0.4, -0.2) is 9.97 Å². The molecule has 4 rings (SSSR count). The molecule has 0 saturated heterocycles. The topological polar surface area (TPSA) is 37.8 Å². The van der Waals surface area contributed by atoms with Crippen LogP contribution in [0.4, 0.5) is 11.5 Å². The van der Waals surface area contributed by atoms with Crippen LogP contribution < -0.4 is 5.32 Å². The molecule has 0 aliphatic heterocycles. The number of hydrogen-bond acceptors (Lipinski definition) is 4. The Labute approximate surface area is 173 Å². The summed E-state index contributed by atoms with van der Waals surface area (Å²) in [4.78, 5) is 9.90. The van der Waals surface area contributed by atoms with Crippen molar-refractivity contribution in [3.05, 3.63) is 69.8 Å². The van der Waals surface area contributed by atoms with Crippen LogP contribution in [-0.2, 0) is 0 Å². The molecule has 2 aromatic heterocycles. The first-order valence-corrected chi connectivity index (χ1v) is 9.61. The van der Waals surface area contributed by atoms with Gasteiger partial charge in [0.05, 0.1) is 5.39 Å². The number of aromatic nitrogens is 2. The summed E-state index contributed by atoms with van der Waals surface area (Å²) < 4.78 is 0. The highest BCUT2D eigenvalue weighted by Gasteiger charge is 2.14. The van der Waals surface area contributed by atoms with Gasteiger partial charge in [0.2, 0.25) is 0 Å². The van der Waals surface area contributed by atoms with E-state index in [0.717, 1.165) is 37.9 Å². The predicted octanol–water partition coefficient (Wildman–Crippen LogP) is 7.10. The molecule has 6 heteroatoms. The molecular weight excluding hydrogens is 397 g/mol. The number of fused-ring (bicyclic) bond motifs is 1. The average molecular weight is 416 g/mol. The number of hydrogen-bond donors (Lipinski definition) is 1. The normalized spacial score (nSPS) is 10.7. The Morgan fingerprint density at radius 2 is 1.70 bits per heavy atom. The second kappa shape index (κ2) is 7.85. The Morgan fingerprint density at radius 3 is 2.44 bits per heavy atom. The lowest BCUT2D eigenvalue weighted by Crippen LogP contribution is -1.96. The Morgan fingerprint density at radius 1 is 0.926 bits per heavy atom. The monoisotopic (exact) mass is 415 g/mol. The van der Waals surface area contributed by atoms with E-state index in [0.29, 0.717) is 0 Å². The lowest BCUT2D eigenvalue weighted by atomic mass is 10.0. The number of nitrogens with one attached hydrogen (secondary N) is 1. The van der Waals surface area contributed by atoms with E-state index < -0.39 is 0 Å². The van der Waals surface area contributed by atoms with Crippen molar-refractivity contribution in [2.45, 2.75) is 20.8 Å². The van der Waals surface area contributed by atoms with Crippen LogP contribution in [0.1, 0.15) is 16.7 Å². The fourth-order valence-corrected chi connectivity index (χ4v) is 4.00. The van der Waals surface area contributed by atoms with Gasteiger partial charge in [-0.05, 0) is 55.2 Å². The van der Waals surface area contributed by atoms with Gasteiger partial charge in [-0.1, -0.05) is 35.9 Å². The number of benzene rings is 2. The molecule has 0 fully saturated rings. The van der Waals surface area contributed by atoms with E-state index in [1.165, 1.54) is 16.7 Å². The average Bonchev–Trinajstić information content (AvgIpc) is 3.06. The molecular formula is C21H19Cl2N3S. The van der Waals surface area contributed by atoms with E-state index in [4.69, 9.17) is 11.6 Å². The lowest BCUT2D eigenvalue weighted by molar-refractivity contribution is 1.23. The number of halogens is 2. The number of rotatable bonds is 3. The van der Waals surface area contributed by atoms with Crippen LogP contribution in [0.5, 0.6) is 0 Å². The number of nitrogens with zero attached hydrogens (tertiary/aromatic N) is 2. The van der Waals surface area contributed by atoms with E-state index in [1.54, 1.807) is 17.7 Å². The van der Waals surface area contributed by atoms with E-state index in [9.17, 15) is 0 Å². The molecule has 0 radical (unpaired) electrons. The first kappa shape index (κ1) is 19.6. The van der Waals surface area contributed by atoms with Gasteiger partial charge in [-0.3, -0.25) is 0 Å². The van der Waals surface area contributed by atoms with Crippen molar-refractivity contribution in [3.63, 3.8) is 0 Å². The summed E-state index contributed by atoms with van der Waals surface area (Å²) in [6.07, 6.45) is 1.60. The van der Waals surface area contributed by atoms with E-state index in [1.807, 2.05) is 25.1 Å². The van der Waals surface area contributed by atoms with Gasteiger partial charge >= 0.3 is 0 Å². The largest absolute Gasteiger partial charge is 0.340 e. The molecule has 2 aromatic carbocycles. The standard InChI is InChI=1S/C21H18ClN3S.ClH/c1-12-4-6-15(8-14(12)3)17-10-26-21-19(17)20(23-11-24-21)25-16-7-5-13(2)18(22)9-16;/h4-11H,1-3H3,(H,23,24,25);1H. The zero-order valence-electron chi connectivity index (χ0n) is 15.2. The molecule has 0 bridgehead atoms. The molecule has 1 N–H and O–H groups in total. The predicted molar refractivity (Wildman–Crippen MR) is 119 cm³/mol. The van der Waals surface area contributed by atoms with E-state index in [-0.39, 0.29) is 12.4 Å². The van der Waals surface area contributed by atoms with Gasteiger partial charge in [-0.25, -0.2) is 9.97 Å². The minimum Gasteiger partial charge on any atom is -0.340 e. The van der Waals surface area contributed by atoms with E-state index >= 15 is 0 Å². The molecule has 0 amide bonds. The molecule has 0 aliphatic rings. The summed E-state index contributed by atoms with van der Waals surface area (Å²) in [5, 5.41) is 7.33. The van der Waals surface area contributed by atoms with Crippen LogP contribution in [0, 0.1) is 20.8 Å². The van der Waals surface area contributed by atoms with Gasteiger partial charge in [-0.2, -0.15) is 0 Å². The third kappa shape index (κ3) is 3.79. The number of anilines is 2.